The van der Waals surface area contributed by atoms with E-state index >= 15 is 0 Å². The largest absolute Gasteiger partial charge is 0.465 e. The number of rotatable bonds is 3. The first-order chi connectivity index (χ1) is 12.1. The van der Waals surface area contributed by atoms with E-state index in [-0.39, 0.29) is 17.9 Å². The molecule has 0 bridgehead atoms. The molecular weight excluding hydrogens is 325 g/mol. The highest BCUT2D eigenvalue weighted by atomic mass is 19.1. The Kier molecular flexibility index (Phi) is 3.87. The molecule has 130 valence electrons. The molecule has 1 aliphatic carbocycles. The molecule has 2 heterocycles. The van der Waals surface area contributed by atoms with Gasteiger partial charge in [-0.1, -0.05) is 0 Å². The number of benzene rings is 1. The topological polar surface area (TPSA) is 91.5 Å². The fraction of sp³-hybridized carbons (Fsp3) is 0.353. The number of anilines is 1. The Bertz CT molecular complexity index is 933. The number of nitrogens with zero attached hydrogens (tertiary/aromatic N) is 3. The van der Waals surface area contributed by atoms with Crippen molar-refractivity contribution in [1.29, 1.82) is 0 Å². The maximum Gasteiger partial charge on any atom is 0.404 e. The van der Waals surface area contributed by atoms with Crippen LogP contribution in [0.4, 0.5) is 15.0 Å². The molecule has 1 fully saturated rings. The summed E-state index contributed by atoms with van der Waals surface area (Å²) in [5, 5.41) is 19.9. The van der Waals surface area contributed by atoms with Crippen molar-refractivity contribution in [3.63, 3.8) is 0 Å². The van der Waals surface area contributed by atoms with Crippen LogP contribution in [-0.4, -0.2) is 37.9 Å². The lowest BCUT2D eigenvalue weighted by Gasteiger charge is -2.29. The first-order valence-corrected chi connectivity index (χ1v) is 8.28. The molecule has 1 aromatic carbocycles. The molecule has 3 aromatic rings. The monoisotopic (exact) mass is 343 g/mol. The van der Waals surface area contributed by atoms with E-state index in [0.717, 1.165) is 42.4 Å². The van der Waals surface area contributed by atoms with Crippen LogP contribution < -0.4 is 10.6 Å². The normalized spacial score (nSPS) is 20.7. The second kappa shape index (κ2) is 6.19. The number of hydrogen-bond donors (Lipinski definition) is 3. The summed E-state index contributed by atoms with van der Waals surface area (Å²) in [5.41, 5.74) is 1.47. The van der Waals surface area contributed by atoms with Crippen LogP contribution in [0.5, 0.6) is 0 Å². The summed E-state index contributed by atoms with van der Waals surface area (Å²) in [6.45, 7) is 0. The van der Waals surface area contributed by atoms with Gasteiger partial charge in [-0.25, -0.2) is 18.7 Å². The first-order valence-electron chi connectivity index (χ1n) is 8.28. The summed E-state index contributed by atoms with van der Waals surface area (Å²) < 4.78 is 15.0. The molecule has 4 rings (SSSR count). The zero-order valence-electron chi connectivity index (χ0n) is 13.4. The van der Waals surface area contributed by atoms with Gasteiger partial charge in [-0.2, -0.15) is 5.10 Å². The minimum Gasteiger partial charge on any atom is -0.465 e. The van der Waals surface area contributed by atoms with Gasteiger partial charge in [0.05, 0.1) is 11.0 Å². The molecule has 0 radical (unpaired) electrons. The van der Waals surface area contributed by atoms with Crippen molar-refractivity contribution < 1.29 is 14.3 Å². The van der Waals surface area contributed by atoms with Crippen LogP contribution in [0.2, 0.25) is 0 Å². The van der Waals surface area contributed by atoms with Crippen LogP contribution >= 0.6 is 0 Å². The van der Waals surface area contributed by atoms with Crippen molar-refractivity contribution in [2.75, 3.05) is 5.32 Å². The Balaban J connectivity index is 1.51. The van der Waals surface area contributed by atoms with E-state index in [1.54, 1.807) is 16.9 Å². The Morgan fingerprint density at radius 2 is 1.96 bits per heavy atom. The summed E-state index contributed by atoms with van der Waals surface area (Å²) in [5.74, 6) is 0.433. The smallest absolute Gasteiger partial charge is 0.404 e. The van der Waals surface area contributed by atoms with Crippen molar-refractivity contribution in [2.45, 2.75) is 37.8 Å². The SMILES string of the molecule is O=C(O)NC1CCC(Nc2cc3c4ccc(F)cc4nn3cn2)CC1. The van der Waals surface area contributed by atoms with Crippen LogP contribution in [0, 0.1) is 5.82 Å². The fourth-order valence-electron chi connectivity index (χ4n) is 3.46. The van der Waals surface area contributed by atoms with E-state index in [1.807, 2.05) is 6.07 Å². The quantitative estimate of drug-likeness (QED) is 0.680. The lowest BCUT2D eigenvalue weighted by atomic mass is 9.91. The average molecular weight is 343 g/mol. The molecule has 0 saturated heterocycles. The third kappa shape index (κ3) is 3.19. The van der Waals surface area contributed by atoms with Crippen molar-refractivity contribution in [3.05, 3.63) is 36.4 Å². The van der Waals surface area contributed by atoms with Crippen LogP contribution in [0.25, 0.3) is 16.4 Å². The highest BCUT2D eigenvalue weighted by Gasteiger charge is 2.22. The fourth-order valence-corrected chi connectivity index (χ4v) is 3.46. The van der Waals surface area contributed by atoms with Crippen molar-refractivity contribution >= 4 is 28.3 Å². The second-order valence-electron chi connectivity index (χ2n) is 6.41. The summed E-state index contributed by atoms with van der Waals surface area (Å²) in [7, 11) is 0. The van der Waals surface area contributed by atoms with Gasteiger partial charge < -0.3 is 15.7 Å². The molecule has 25 heavy (non-hydrogen) atoms. The number of carbonyl (C=O) groups is 1. The van der Waals surface area contributed by atoms with Crippen LogP contribution in [0.1, 0.15) is 25.7 Å². The Morgan fingerprint density at radius 1 is 1.20 bits per heavy atom. The molecule has 0 aliphatic heterocycles. The Hall–Kier alpha value is -2.90. The lowest BCUT2D eigenvalue weighted by molar-refractivity contribution is 0.185. The van der Waals surface area contributed by atoms with Crippen molar-refractivity contribution in [1.82, 2.24) is 19.9 Å². The molecule has 0 unspecified atom stereocenters. The minimum absolute atomic E-state index is 0.0275. The number of aromatic nitrogens is 3. The van der Waals surface area contributed by atoms with Gasteiger partial charge in [-0.3, -0.25) is 0 Å². The van der Waals surface area contributed by atoms with Gasteiger partial charge in [0.25, 0.3) is 0 Å². The summed E-state index contributed by atoms with van der Waals surface area (Å²) in [6, 6.07) is 6.75. The number of fused-ring (bicyclic) bond motifs is 3. The maximum absolute atomic E-state index is 13.3. The van der Waals surface area contributed by atoms with Crippen LogP contribution in [0.15, 0.2) is 30.6 Å². The van der Waals surface area contributed by atoms with Crippen molar-refractivity contribution in [2.24, 2.45) is 0 Å². The summed E-state index contributed by atoms with van der Waals surface area (Å²) in [6.07, 6.45) is 4.02. The number of amides is 1. The molecule has 1 aliphatic rings. The van der Waals surface area contributed by atoms with Crippen LogP contribution in [-0.2, 0) is 0 Å². The third-order valence-corrected chi connectivity index (χ3v) is 4.68. The zero-order valence-corrected chi connectivity index (χ0v) is 13.4. The number of carboxylic acid groups (broad SMARTS) is 1. The van der Waals surface area contributed by atoms with Gasteiger partial charge in [0, 0.05) is 29.6 Å². The molecule has 3 N–H and O–H groups in total. The van der Waals surface area contributed by atoms with E-state index in [4.69, 9.17) is 5.11 Å². The highest BCUT2D eigenvalue weighted by Crippen LogP contribution is 2.25. The van der Waals surface area contributed by atoms with E-state index < -0.39 is 6.09 Å². The van der Waals surface area contributed by atoms with Gasteiger partial charge in [0.2, 0.25) is 0 Å². The molecule has 1 saturated carbocycles. The second-order valence-corrected chi connectivity index (χ2v) is 6.41. The Morgan fingerprint density at radius 3 is 2.72 bits per heavy atom. The molecular formula is C17H18FN5O2. The number of hydrogen-bond acceptors (Lipinski definition) is 4. The Labute approximate surface area is 142 Å². The summed E-state index contributed by atoms with van der Waals surface area (Å²) in [4.78, 5) is 15.1. The molecule has 1 amide bonds. The molecule has 2 aromatic heterocycles. The molecule has 7 nitrogen and oxygen atoms in total. The van der Waals surface area contributed by atoms with Gasteiger partial charge in [0.1, 0.15) is 18.0 Å². The predicted octanol–water partition coefficient (Wildman–Crippen LogP) is 3.01. The third-order valence-electron chi connectivity index (χ3n) is 4.68. The van der Waals surface area contributed by atoms with Crippen LogP contribution in [0.3, 0.4) is 0 Å². The standard InChI is InChI=1S/C17H18FN5O2/c18-10-1-6-13-14(7-10)22-23-9-19-16(8-15(13)23)20-11-2-4-12(5-3-11)21-17(24)25/h1,6-9,11-12,20-21H,2-5H2,(H,24,25). The van der Waals surface area contributed by atoms with Gasteiger partial charge >= 0.3 is 6.09 Å². The lowest BCUT2D eigenvalue weighted by Crippen LogP contribution is -2.39. The maximum atomic E-state index is 13.3. The van der Waals surface area contributed by atoms with Gasteiger partial charge in [-0.15, -0.1) is 0 Å². The van der Waals surface area contributed by atoms with Crippen molar-refractivity contribution in [3.8, 4) is 0 Å². The summed E-state index contributed by atoms with van der Waals surface area (Å²) >= 11 is 0. The van der Waals surface area contributed by atoms with E-state index in [9.17, 15) is 9.18 Å². The first kappa shape index (κ1) is 15.6. The minimum atomic E-state index is -0.965. The predicted molar refractivity (Wildman–Crippen MR) is 91.3 cm³/mol. The zero-order chi connectivity index (χ0) is 17.4. The average Bonchev–Trinajstić information content (AvgIpc) is 2.93. The molecule has 8 heteroatoms. The van der Waals surface area contributed by atoms with Gasteiger partial charge in [-0.05, 0) is 37.8 Å². The van der Waals surface area contributed by atoms with Gasteiger partial charge in [0.15, 0.2) is 0 Å². The highest BCUT2D eigenvalue weighted by molar-refractivity contribution is 5.94. The van der Waals surface area contributed by atoms with E-state index in [1.165, 1.54) is 12.1 Å². The van der Waals surface area contributed by atoms with E-state index in [0.29, 0.717) is 5.52 Å². The molecule has 0 atom stereocenters. The number of halogens is 1. The molecule has 0 spiro atoms. The van der Waals surface area contributed by atoms with E-state index in [2.05, 4.69) is 20.7 Å². The number of nitrogens with one attached hydrogen (secondary N) is 2.